The predicted molar refractivity (Wildman–Crippen MR) is 71.9 cm³/mol. The van der Waals surface area contributed by atoms with Crippen molar-refractivity contribution in [1.82, 2.24) is 14.6 Å². The molecule has 3 rings (SSSR count). The zero-order valence-corrected chi connectivity index (χ0v) is 11.4. The van der Waals surface area contributed by atoms with Crippen molar-refractivity contribution < 1.29 is 0 Å². The van der Waals surface area contributed by atoms with Crippen LogP contribution in [0.25, 0.3) is 5.65 Å². The van der Waals surface area contributed by atoms with E-state index in [0.717, 1.165) is 17.5 Å². The molecule has 2 aromatic heterocycles. The maximum Gasteiger partial charge on any atom is 0.157 e. The Morgan fingerprint density at radius 2 is 2.29 bits per heavy atom. The topological polar surface area (TPSA) is 33.4 Å². The first-order valence-electron chi connectivity index (χ1n) is 5.92. The molecule has 1 aliphatic rings. The van der Waals surface area contributed by atoms with E-state index in [-0.39, 0.29) is 0 Å². The second-order valence-electron chi connectivity index (χ2n) is 4.53. The molecule has 2 aromatic rings. The maximum absolute atomic E-state index is 4.32. The Balaban J connectivity index is 2.09. The number of halogens is 1. The van der Waals surface area contributed by atoms with E-state index >= 15 is 0 Å². The van der Waals surface area contributed by atoms with Crippen molar-refractivity contribution in [3.8, 4) is 0 Å². The van der Waals surface area contributed by atoms with Gasteiger partial charge < -0.3 is 4.90 Å². The van der Waals surface area contributed by atoms with Crippen LogP contribution >= 0.6 is 15.9 Å². The van der Waals surface area contributed by atoms with Crippen LogP contribution in [0.1, 0.15) is 18.4 Å². The number of alkyl halides is 1. The molecule has 1 saturated carbocycles. The Kier molecular flexibility index (Phi) is 2.78. The van der Waals surface area contributed by atoms with Gasteiger partial charge in [0, 0.05) is 17.9 Å². The SMILES string of the molecule is Cc1cc(N(CCBr)C2CC2)n2ncnc2c1. The molecule has 0 radical (unpaired) electrons. The van der Waals surface area contributed by atoms with Gasteiger partial charge in [0.1, 0.15) is 12.1 Å². The van der Waals surface area contributed by atoms with E-state index in [1.807, 2.05) is 4.52 Å². The average Bonchev–Trinajstić information content (AvgIpc) is 3.04. The van der Waals surface area contributed by atoms with Crippen molar-refractivity contribution in [2.75, 3.05) is 16.8 Å². The van der Waals surface area contributed by atoms with Crippen LogP contribution in [0, 0.1) is 6.92 Å². The lowest BCUT2D eigenvalue weighted by molar-refractivity contribution is 0.781. The van der Waals surface area contributed by atoms with E-state index in [9.17, 15) is 0 Å². The van der Waals surface area contributed by atoms with Gasteiger partial charge in [0.25, 0.3) is 0 Å². The lowest BCUT2D eigenvalue weighted by atomic mass is 10.2. The summed E-state index contributed by atoms with van der Waals surface area (Å²) >= 11 is 3.53. The number of aryl methyl sites for hydroxylation is 1. The number of hydrogen-bond donors (Lipinski definition) is 0. The van der Waals surface area contributed by atoms with Crippen LogP contribution < -0.4 is 4.90 Å². The number of aromatic nitrogens is 3. The molecule has 0 amide bonds. The molecule has 17 heavy (non-hydrogen) atoms. The molecule has 2 heterocycles. The monoisotopic (exact) mass is 294 g/mol. The summed E-state index contributed by atoms with van der Waals surface area (Å²) in [6.45, 7) is 3.13. The first kappa shape index (κ1) is 11.0. The molecule has 90 valence electrons. The zero-order chi connectivity index (χ0) is 11.8. The van der Waals surface area contributed by atoms with Crippen LogP contribution in [0.15, 0.2) is 18.5 Å². The van der Waals surface area contributed by atoms with Gasteiger partial charge in [-0.15, -0.1) is 0 Å². The third kappa shape index (κ3) is 2.04. The molecule has 0 unspecified atom stereocenters. The van der Waals surface area contributed by atoms with E-state index in [1.54, 1.807) is 6.33 Å². The molecular weight excluding hydrogens is 280 g/mol. The van der Waals surface area contributed by atoms with Gasteiger partial charge >= 0.3 is 0 Å². The lowest BCUT2D eigenvalue weighted by Crippen LogP contribution is -2.29. The summed E-state index contributed by atoms with van der Waals surface area (Å²) in [6, 6.07) is 4.94. The standard InChI is InChI=1S/C12H15BrN4/c1-9-6-11-14-8-15-17(11)12(7-9)16(5-4-13)10-2-3-10/h6-8,10H,2-5H2,1H3. The summed E-state index contributed by atoms with van der Waals surface area (Å²) in [6.07, 6.45) is 4.20. The third-order valence-corrected chi connectivity index (χ3v) is 3.47. The van der Waals surface area contributed by atoms with Gasteiger partial charge in [0.2, 0.25) is 0 Å². The highest BCUT2D eigenvalue weighted by molar-refractivity contribution is 9.09. The molecule has 0 N–H and O–H groups in total. The van der Waals surface area contributed by atoms with Crippen LogP contribution in [0.3, 0.4) is 0 Å². The van der Waals surface area contributed by atoms with E-state index in [4.69, 9.17) is 0 Å². The molecule has 0 aliphatic heterocycles. The largest absolute Gasteiger partial charge is 0.353 e. The molecule has 4 nitrogen and oxygen atoms in total. The summed E-state index contributed by atoms with van der Waals surface area (Å²) < 4.78 is 1.94. The minimum absolute atomic E-state index is 0.682. The smallest absolute Gasteiger partial charge is 0.157 e. The fourth-order valence-electron chi connectivity index (χ4n) is 2.20. The number of hydrogen-bond acceptors (Lipinski definition) is 3. The van der Waals surface area contributed by atoms with Crippen LogP contribution in [-0.2, 0) is 0 Å². The highest BCUT2D eigenvalue weighted by atomic mass is 79.9. The summed E-state index contributed by atoms with van der Waals surface area (Å²) in [5, 5.41) is 5.30. The van der Waals surface area contributed by atoms with Gasteiger partial charge in [0.05, 0.1) is 0 Å². The molecule has 0 bridgehead atoms. The zero-order valence-electron chi connectivity index (χ0n) is 9.80. The summed E-state index contributed by atoms with van der Waals surface area (Å²) in [4.78, 5) is 6.71. The van der Waals surface area contributed by atoms with Crippen molar-refractivity contribution in [1.29, 1.82) is 0 Å². The minimum atomic E-state index is 0.682. The Morgan fingerprint density at radius 3 is 3.00 bits per heavy atom. The van der Waals surface area contributed by atoms with Gasteiger partial charge in [0.15, 0.2) is 5.65 Å². The van der Waals surface area contributed by atoms with Crippen molar-refractivity contribution in [2.24, 2.45) is 0 Å². The summed E-state index contributed by atoms with van der Waals surface area (Å²) in [5.74, 6) is 1.17. The first-order valence-corrected chi connectivity index (χ1v) is 7.05. The third-order valence-electron chi connectivity index (χ3n) is 3.11. The summed E-state index contributed by atoms with van der Waals surface area (Å²) in [7, 11) is 0. The Bertz CT molecular complexity index is 532. The molecule has 1 aliphatic carbocycles. The van der Waals surface area contributed by atoms with E-state index in [1.165, 1.54) is 24.2 Å². The number of anilines is 1. The van der Waals surface area contributed by atoms with Crippen LogP contribution in [-0.4, -0.2) is 32.5 Å². The van der Waals surface area contributed by atoms with Crippen molar-refractivity contribution in [3.05, 3.63) is 24.0 Å². The molecule has 0 aromatic carbocycles. The second kappa shape index (κ2) is 4.29. The summed E-state index contributed by atoms with van der Waals surface area (Å²) in [5.41, 5.74) is 2.17. The quantitative estimate of drug-likeness (QED) is 0.812. The first-order chi connectivity index (χ1) is 8.29. The molecule has 1 fully saturated rings. The fraction of sp³-hybridized carbons (Fsp3) is 0.500. The minimum Gasteiger partial charge on any atom is -0.353 e. The van der Waals surface area contributed by atoms with Crippen molar-refractivity contribution in [2.45, 2.75) is 25.8 Å². The fourth-order valence-corrected chi connectivity index (χ4v) is 2.58. The number of pyridine rings is 1. The normalized spacial score (nSPS) is 15.4. The maximum atomic E-state index is 4.32. The Morgan fingerprint density at radius 1 is 1.47 bits per heavy atom. The molecule has 0 atom stereocenters. The van der Waals surface area contributed by atoms with Crippen LogP contribution in [0.4, 0.5) is 5.82 Å². The van der Waals surface area contributed by atoms with Crippen molar-refractivity contribution >= 4 is 27.4 Å². The van der Waals surface area contributed by atoms with Crippen LogP contribution in [0.5, 0.6) is 0 Å². The number of fused-ring (bicyclic) bond motifs is 1. The van der Waals surface area contributed by atoms with Gasteiger partial charge in [-0.2, -0.15) is 9.61 Å². The van der Waals surface area contributed by atoms with Crippen LogP contribution in [0.2, 0.25) is 0 Å². The highest BCUT2D eigenvalue weighted by Gasteiger charge is 2.30. The second-order valence-corrected chi connectivity index (χ2v) is 5.33. The highest BCUT2D eigenvalue weighted by Crippen LogP contribution is 2.32. The number of nitrogens with zero attached hydrogens (tertiary/aromatic N) is 4. The van der Waals surface area contributed by atoms with E-state index in [0.29, 0.717) is 6.04 Å². The molecular formula is C12H15BrN4. The van der Waals surface area contributed by atoms with Crippen molar-refractivity contribution in [3.63, 3.8) is 0 Å². The Hall–Kier alpha value is -1.10. The van der Waals surface area contributed by atoms with E-state index in [2.05, 4.69) is 50.0 Å². The average molecular weight is 295 g/mol. The van der Waals surface area contributed by atoms with Gasteiger partial charge in [-0.1, -0.05) is 15.9 Å². The van der Waals surface area contributed by atoms with Gasteiger partial charge in [-0.05, 0) is 37.5 Å². The van der Waals surface area contributed by atoms with E-state index < -0.39 is 0 Å². The van der Waals surface area contributed by atoms with Gasteiger partial charge in [-0.25, -0.2) is 4.98 Å². The molecule has 0 saturated heterocycles. The van der Waals surface area contributed by atoms with Gasteiger partial charge in [-0.3, -0.25) is 0 Å². The molecule has 0 spiro atoms. The predicted octanol–water partition coefficient (Wildman–Crippen LogP) is 2.40. The number of rotatable bonds is 4. The molecule has 5 heteroatoms. The Labute approximate surface area is 109 Å². The lowest BCUT2D eigenvalue weighted by Gasteiger charge is -2.24.